The fraction of sp³-hybridized carbons (Fsp3) is 0.545. The van der Waals surface area contributed by atoms with Crippen molar-refractivity contribution >= 4 is 35.5 Å². The highest BCUT2D eigenvalue weighted by atomic mass is 32.2. The minimum Gasteiger partial charge on any atom is -0.484 e. The number of hydrogen-bond acceptors (Lipinski definition) is 9. The summed E-state index contributed by atoms with van der Waals surface area (Å²) in [7, 11) is 0. The number of esters is 1. The molecule has 3 rings (SSSR count). The van der Waals surface area contributed by atoms with Crippen LogP contribution in [0.3, 0.4) is 0 Å². The minimum absolute atomic E-state index is 0.0323. The summed E-state index contributed by atoms with van der Waals surface area (Å²) in [5, 5.41) is 11.1. The number of aliphatic carboxylic acids is 1. The van der Waals surface area contributed by atoms with E-state index in [9.17, 15) is 19.2 Å². The third kappa shape index (κ3) is 6.61. The lowest BCUT2D eigenvalue weighted by Gasteiger charge is -2.44. The van der Waals surface area contributed by atoms with E-state index in [0.29, 0.717) is 5.75 Å². The van der Waals surface area contributed by atoms with Crippen LogP contribution in [-0.4, -0.2) is 76.0 Å². The Balaban J connectivity index is 1.38. The fourth-order valence-corrected chi connectivity index (χ4v) is 5.30. The number of carboxylic acid groups (broad SMARTS) is 1. The van der Waals surface area contributed by atoms with Gasteiger partial charge in [0.1, 0.15) is 23.8 Å². The molecule has 0 aliphatic carbocycles. The van der Waals surface area contributed by atoms with Gasteiger partial charge in [0.15, 0.2) is 6.61 Å². The van der Waals surface area contributed by atoms with E-state index in [-0.39, 0.29) is 60.5 Å². The first-order valence-corrected chi connectivity index (χ1v) is 11.7. The second-order valence-electron chi connectivity index (χ2n) is 8.30. The van der Waals surface area contributed by atoms with Crippen molar-refractivity contribution in [3.63, 3.8) is 0 Å². The lowest BCUT2D eigenvalue weighted by atomic mass is 9.96. The number of hydrogen-bond donors (Lipinski definition) is 2. The number of β-lactam (4-membered cyclic amide) rings is 1. The summed E-state index contributed by atoms with van der Waals surface area (Å²) < 4.78 is 9.88. The molecule has 0 bridgehead atoms. The van der Waals surface area contributed by atoms with Crippen molar-refractivity contribution in [3.05, 3.63) is 30.3 Å². The minimum atomic E-state index is -0.981. The van der Waals surface area contributed by atoms with Crippen molar-refractivity contribution in [2.24, 2.45) is 0 Å². The third-order valence-corrected chi connectivity index (χ3v) is 7.04. The van der Waals surface area contributed by atoms with Crippen LogP contribution in [0.1, 0.15) is 33.1 Å². The van der Waals surface area contributed by atoms with Crippen LogP contribution < -0.4 is 10.1 Å². The van der Waals surface area contributed by atoms with E-state index in [2.05, 4.69) is 5.32 Å². The molecular formula is C22H28N2O9S. The van der Waals surface area contributed by atoms with Gasteiger partial charge in [0.05, 0.1) is 6.04 Å². The van der Waals surface area contributed by atoms with E-state index in [1.165, 1.54) is 0 Å². The van der Waals surface area contributed by atoms with Crippen molar-refractivity contribution in [1.82, 2.24) is 10.2 Å². The molecule has 0 saturated carbocycles. The summed E-state index contributed by atoms with van der Waals surface area (Å²) in [6.07, 6.45) is 0.0277. The zero-order chi connectivity index (χ0) is 24.7. The third-order valence-electron chi connectivity index (χ3n) is 5.42. The maximum atomic E-state index is 12.7. The van der Waals surface area contributed by atoms with Crippen LogP contribution in [0.2, 0.25) is 0 Å². The van der Waals surface area contributed by atoms with Crippen LogP contribution in [0.4, 0.5) is 0 Å². The van der Waals surface area contributed by atoms with E-state index in [0.717, 1.165) is 0 Å². The Hall–Kier alpha value is -2.83. The SMILES string of the molecule is CC1(C)S[C@@H]2[C@H](NC(=O)COc3ccccc3)C(=O)N2[C@H]1COOCOC(=O)CCCC(=O)O. The van der Waals surface area contributed by atoms with Gasteiger partial charge in [-0.25, -0.2) is 4.89 Å². The Bertz CT molecular complexity index is 896. The molecule has 12 heteroatoms. The zero-order valence-electron chi connectivity index (χ0n) is 18.9. The Morgan fingerprint density at radius 2 is 1.88 bits per heavy atom. The predicted molar refractivity (Wildman–Crippen MR) is 119 cm³/mol. The molecule has 2 aliphatic rings. The average molecular weight is 497 g/mol. The van der Waals surface area contributed by atoms with Crippen LogP contribution in [-0.2, 0) is 33.7 Å². The van der Waals surface area contributed by atoms with Crippen LogP contribution >= 0.6 is 11.8 Å². The number of rotatable bonds is 13. The van der Waals surface area contributed by atoms with Gasteiger partial charge in [-0.15, -0.1) is 11.8 Å². The van der Waals surface area contributed by atoms with E-state index in [1.807, 2.05) is 19.9 Å². The predicted octanol–water partition coefficient (Wildman–Crippen LogP) is 1.32. The van der Waals surface area contributed by atoms with E-state index >= 15 is 0 Å². The number of nitrogens with zero attached hydrogens (tertiary/aromatic N) is 1. The van der Waals surface area contributed by atoms with E-state index in [1.54, 1.807) is 40.9 Å². The second-order valence-corrected chi connectivity index (χ2v) is 10.1. The lowest BCUT2D eigenvalue weighted by molar-refractivity contribution is -0.336. The van der Waals surface area contributed by atoms with Crippen LogP contribution in [0.25, 0.3) is 0 Å². The number of ether oxygens (including phenoxy) is 2. The molecule has 34 heavy (non-hydrogen) atoms. The largest absolute Gasteiger partial charge is 0.484 e. The number of para-hydroxylation sites is 1. The molecule has 0 unspecified atom stereocenters. The van der Waals surface area contributed by atoms with Gasteiger partial charge in [0, 0.05) is 17.6 Å². The molecule has 11 nitrogen and oxygen atoms in total. The number of thioether (sulfide) groups is 1. The van der Waals surface area contributed by atoms with Crippen molar-refractivity contribution < 1.29 is 43.5 Å². The number of carboxylic acids is 1. The Morgan fingerprint density at radius 1 is 1.15 bits per heavy atom. The first kappa shape index (κ1) is 25.8. The topological polar surface area (TPSA) is 141 Å². The molecule has 2 fully saturated rings. The first-order chi connectivity index (χ1) is 16.2. The quantitative estimate of drug-likeness (QED) is 0.103. The standard InChI is InChI=1S/C22H28N2O9S/c1-22(2)15(11-32-33-13-31-18(28)10-6-9-17(26)27)24-20(29)19(21(24)34-22)23-16(25)12-30-14-7-4-3-5-8-14/h3-5,7-8,15,19,21H,6,9-13H2,1-2H3,(H,23,25)(H,26,27)/t15-,19+,21+/m0/s1. The molecule has 1 aromatic rings. The molecule has 0 spiro atoms. The van der Waals surface area contributed by atoms with Crippen LogP contribution in [0, 0.1) is 0 Å². The molecule has 0 radical (unpaired) electrons. The number of benzene rings is 1. The molecule has 2 heterocycles. The zero-order valence-corrected chi connectivity index (χ0v) is 19.7. The number of carbonyl (C=O) groups excluding carboxylic acids is 3. The van der Waals surface area contributed by atoms with E-state index in [4.69, 9.17) is 24.4 Å². The molecule has 2 N–H and O–H groups in total. The number of amides is 2. The number of fused-ring (bicyclic) bond motifs is 1. The number of nitrogens with one attached hydrogen (secondary N) is 1. The highest BCUT2D eigenvalue weighted by Gasteiger charge is 2.61. The van der Waals surface area contributed by atoms with Crippen LogP contribution in [0.5, 0.6) is 5.75 Å². The van der Waals surface area contributed by atoms with Gasteiger partial charge >= 0.3 is 11.9 Å². The summed E-state index contributed by atoms with van der Waals surface area (Å²) in [5.74, 6) is -1.60. The summed E-state index contributed by atoms with van der Waals surface area (Å²) in [6.45, 7) is 3.36. The van der Waals surface area contributed by atoms with Gasteiger partial charge in [-0.3, -0.25) is 19.2 Å². The summed E-state index contributed by atoms with van der Waals surface area (Å²) in [6, 6.07) is 7.98. The Kier molecular flexibility index (Phi) is 8.75. The molecule has 3 atom stereocenters. The summed E-state index contributed by atoms with van der Waals surface area (Å²) >= 11 is 1.55. The van der Waals surface area contributed by atoms with Gasteiger partial charge in [0.25, 0.3) is 5.91 Å². The maximum Gasteiger partial charge on any atom is 0.307 e. The highest BCUT2D eigenvalue weighted by molar-refractivity contribution is 8.01. The van der Waals surface area contributed by atoms with E-state index < -0.39 is 24.8 Å². The Labute approximate surface area is 201 Å². The average Bonchev–Trinajstić information content (AvgIpc) is 3.03. The Morgan fingerprint density at radius 3 is 2.59 bits per heavy atom. The fourth-order valence-electron chi connectivity index (χ4n) is 3.65. The van der Waals surface area contributed by atoms with Crippen LogP contribution in [0.15, 0.2) is 30.3 Å². The maximum absolute atomic E-state index is 12.7. The normalized spacial score (nSPS) is 22.5. The molecule has 186 valence electrons. The van der Waals surface area contributed by atoms with Gasteiger partial charge in [-0.2, -0.15) is 4.89 Å². The molecule has 2 saturated heterocycles. The van der Waals surface area contributed by atoms with Gasteiger partial charge in [-0.1, -0.05) is 18.2 Å². The molecule has 2 aliphatic heterocycles. The lowest BCUT2D eigenvalue weighted by Crippen LogP contribution is -2.70. The monoisotopic (exact) mass is 496 g/mol. The van der Waals surface area contributed by atoms with Gasteiger partial charge in [0.2, 0.25) is 12.7 Å². The van der Waals surface area contributed by atoms with Gasteiger partial charge < -0.3 is 24.8 Å². The molecular weight excluding hydrogens is 468 g/mol. The van der Waals surface area contributed by atoms with Gasteiger partial charge in [-0.05, 0) is 32.4 Å². The van der Waals surface area contributed by atoms with Crippen molar-refractivity contribution in [2.75, 3.05) is 20.0 Å². The highest BCUT2D eigenvalue weighted by Crippen LogP contribution is 2.50. The van der Waals surface area contributed by atoms with Crippen molar-refractivity contribution in [2.45, 2.75) is 55.3 Å². The summed E-state index contributed by atoms with van der Waals surface area (Å²) in [4.78, 5) is 58.7. The van der Waals surface area contributed by atoms with Crippen molar-refractivity contribution in [3.8, 4) is 5.75 Å². The summed E-state index contributed by atoms with van der Waals surface area (Å²) in [5.41, 5.74) is 0. The molecule has 1 aromatic carbocycles. The first-order valence-electron chi connectivity index (χ1n) is 10.8. The van der Waals surface area contributed by atoms with Crippen molar-refractivity contribution in [1.29, 1.82) is 0 Å². The molecule has 0 aromatic heterocycles. The molecule has 2 amide bonds. The number of carbonyl (C=O) groups is 4. The smallest absolute Gasteiger partial charge is 0.307 e. The second kappa shape index (κ2) is 11.5.